The molecule has 0 spiro atoms. The molecular formula is C20H17NO5. The maximum absolute atomic E-state index is 12.2. The molecule has 0 aromatic heterocycles. The van der Waals surface area contributed by atoms with E-state index in [4.69, 9.17) is 9.47 Å². The molecule has 4 rings (SSSR count). The SMILES string of the molecule is O=C(COc1ccc2c(c1)CCC2)OCN1C(=O)c2ccccc2C1=O. The first-order valence-electron chi connectivity index (χ1n) is 8.49. The number of imide groups is 1. The van der Waals surface area contributed by atoms with Gasteiger partial charge in [0.1, 0.15) is 5.75 Å². The zero-order valence-corrected chi connectivity index (χ0v) is 14.1. The van der Waals surface area contributed by atoms with Gasteiger partial charge in [0.15, 0.2) is 13.3 Å². The summed E-state index contributed by atoms with van der Waals surface area (Å²) in [5.41, 5.74) is 3.22. The van der Waals surface area contributed by atoms with E-state index in [0.717, 1.165) is 24.2 Å². The van der Waals surface area contributed by atoms with E-state index in [1.807, 2.05) is 18.2 Å². The molecule has 6 nitrogen and oxygen atoms in total. The smallest absolute Gasteiger partial charge is 0.345 e. The van der Waals surface area contributed by atoms with Gasteiger partial charge in [-0.15, -0.1) is 0 Å². The highest BCUT2D eigenvalue weighted by Gasteiger charge is 2.35. The highest BCUT2D eigenvalue weighted by Crippen LogP contribution is 2.26. The third-order valence-corrected chi connectivity index (χ3v) is 4.66. The van der Waals surface area contributed by atoms with E-state index in [1.165, 1.54) is 11.1 Å². The Kier molecular flexibility index (Phi) is 4.16. The van der Waals surface area contributed by atoms with Crippen molar-refractivity contribution >= 4 is 17.8 Å². The number of rotatable bonds is 5. The van der Waals surface area contributed by atoms with Crippen molar-refractivity contribution < 1.29 is 23.9 Å². The molecule has 0 atom stereocenters. The summed E-state index contributed by atoms with van der Waals surface area (Å²) in [7, 11) is 0. The number of esters is 1. The van der Waals surface area contributed by atoms with Crippen LogP contribution >= 0.6 is 0 Å². The lowest BCUT2D eigenvalue weighted by Gasteiger charge is -2.14. The number of nitrogens with zero attached hydrogens (tertiary/aromatic N) is 1. The second-order valence-electron chi connectivity index (χ2n) is 6.30. The molecular weight excluding hydrogens is 334 g/mol. The van der Waals surface area contributed by atoms with Crippen molar-refractivity contribution in [2.24, 2.45) is 0 Å². The van der Waals surface area contributed by atoms with Gasteiger partial charge < -0.3 is 9.47 Å². The predicted octanol–water partition coefficient (Wildman–Crippen LogP) is 2.35. The quantitative estimate of drug-likeness (QED) is 0.611. The molecule has 0 saturated carbocycles. The summed E-state index contributed by atoms with van der Waals surface area (Å²) in [6.07, 6.45) is 3.25. The first kappa shape index (κ1) is 16.3. The molecule has 0 radical (unpaired) electrons. The summed E-state index contributed by atoms with van der Waals surface area (Å²) in [6, 6.07) is 12.3. The predicted molar refractivity (Wildman–Crippen MR) is 91.9 cm³/mol. The van der Waals surface area contributed by atoms with Crippen molar-refractivity contribution in [2.45, 2.75) is 19.3 Å². The molecule has 1 heterocycles. The lowest BCUT2D eigenvalue weighted by atomic mass is 10.1. The fourth-order valence-electron chi connectivity index (χ4n) is 3.31. The summed E-state index contributed by atoms with van der Waals surface area (Å²) in [5, 5.41) is 0. The summed E-state index contributed by atoms with van der Waals surface area (Å²) in [5.74, 6) is -0.943. The van der Waals surface area contributed by atoms with Crippen molar-refractivity contribution in [2.75, 3.05) is 13.3 Å². The van der Waals surface area contributed by atoms with Crippen molar-refractivity contribution in [1.29, 1.82) is 0 Å². The number of aryl methyl sites for hydroxylation is 2. The summed E-state index contributed by atoms with van der Waals surface area (Å²) >= 11 is 0. The maximum atomic E-state index is 12.2. The number of carbonyl (C=O) groups is 3. The summed E-state index contributed by atoms with van der Waals surface area (Å²) < 4.78 is 10.5. The number of ether oxygens (including phenoxy) is 2. The van der Waals surface area contributed by atoms with Gasteiger partial charge >= 0.3 is 5.97 Å². The monoisotopic (exact) mass is 351 g/mol. The average molecular weight is 351 g/mol. The molecule has 2 aromatic carbocycles. The first-order chi connectivity index (χ1) is 12.6. The van der Waals surface area contributed by atoms with Gasteiger partial charge in [0, 0.05) is 0 Å². The van der Waals surface area contributed by atoms with Crippen molar-refractivity contribution in [3.05, 3.63) is 64.7 Å². The summed E-state index contributed by atoms with van der Waals surface area (Å²) in [6.45, 7) is -0.694. The topological polar surface area (TPSA) is 72.9 Å². The zero-order chi connectivity index (χ0) is 18.1. The third kappa shape index (κ3) is 2.94. The zero-order valence-electron chi connectivity index (χ0n) is 14.1. The highest BCUT2D eigenvalue weighted by atomic mass is 16.6. The Morgan fingerprint density at radius 3 is 2.38 bits per heavy atom. The van der Waals surface area contributed by atoms with Gasteiger partial charge in [0.05, 0.1) is 11.1 Å². The first-order valence-corrected chi connectivity index (χ1v) is 8.49. The van der Waals surface area contributed by atoms with Crippen LogP contribution in [0, 0.1) is 0 Å². The normalized spacial score (nSPS) is 15.0. The van der Waals surface area contributed by atoms with E-state index >= 15 is 0 Å². The van der Waals surface area contributed by atoms with Crippen molar-refractivity contribution in [3.63, 3.8) is 0 Å². The molecule has 0 unspecified atom stereocenters. The molecule has 2 aromatic rings. The van der Waals surface area contributed by atoms with E-state index in [2.05, 4.69) is 0 Å². The molecule has 6 heteroatoms. The number of fused-ring (bicyclic) bond motifs is 2. The second-order valence-corrected chi connectivity index (χ2v) is 6.30. The van der Waals surface area contributed by atoms with Gasteiger partial charge in [-0.05, 0) is 54.7 Å². The van der Waals surface area contributed by atoms with E-state index in [9.17, 15) is 14.4 Å². The Hall–Kier alpha value is -3.15. The van der Waals surface area contributed by atoms with Gasteiger partial charge in [-0.25, -0.2) is 9.69 Å². The number of carbonyl (C=O) groups excluding carboxylic acids is 3. The van der Waals surface area contributed by atoms with Crippen LogP contribution in [-0.4, -0.2) is 36.0 Å². The van der Waals surface area contributed by atoms with E-state index < -0.39 is 24.5 Å². The van der Waals surface area contributed by atoms with Gasteiger partial charge in [-0.1, -0.05) is 18.2 Å². The molecule has 26 heavy (non-hydrogen) atoms. The highest BCUT2D eigenvalue weighted by molar-refractivity contribution is 6.21. The van der Waals surface area contributed by atoms with Crippen LogP contribution in [-0.2, 0) is 22.4 Å². The van der Waals surface area contributed by atoms with Crippen LogP contribution in [0.1, 0.15) is 38.3 Å². The van der Waals surface area contributed by atoms with E-state index in [0.29, 0.717) is 16.9 Å². The van der Waals surface area contributed by atoms with Gasteiger partial charge in [0.25, 0.3) is 11.8 Å². The van der Waals surface area contributed by atoms with Gasteiger partial charge in [-0.2, -0.15) is 0 Å². The Balaban J connectivity index is 1.31. The molecule has 0 bridgehead atoms. The lowest BCUT2D eigenvalue weighted by Crippen LogP contribution is -2.34. The molecule has 1 aliphatic heterocycles. The standard InChI is InChI=1S/C20H17NO5/c22-18(11-25-15-9-8-13-4-3-5-14(13)10-15)26-12-21-19(23)16-6-1-2-7-17(16)20(21)24/h1-2,6-10H,3-5,11-12H2. The minimum Gasteiger partial charge on any atom is -0.482 e. The minimum atomic E-state index is -0.637. The minimum absolute atomic E-state index is 0.276. The van der Waals surface area contributed by atoms with Crippen molar-refractivity contribution in [3.8, 4) is 5.75 Å². The Labute approximate surface area is 150 Å². The fraction of sp³-hybridized carbons (Fsp3) is 0.250. The molecule has 1 aliphatic carbocycles. The largest absolute Gasteiger partial charge is 0.482 e. The molecule has 2 aliphatic rings. The molecule has 132 valence electrons. The molecule has 0 N–H and O–H groups in total. The second kappa shape index (κ2) is 6.63. The van der Waals surface area contributed by atoms with Crippen LogP contribution in [0.25, 0.3) is 0 Å². The Morgan fingerprint density at radius 2 is 1.65 bits per heavy atom. The fourth-order valence-corrected chi connectivity index (χ4v) is 3.31. The Bertz CT molecular complexity index is 870. The number of benzene rings is 2. The Morgan fingerprint density at radius 1 is 0.962 bits per heavy atom. The summed E-state index contributed by atoms with van der Waals surface area (Å²) in [4.78, 5) is 37.2. The van der Waals surface area contributed by atoms with Crippen LogP contribution in [0.2, 0.25) is 0 Å². The maximum Gasteiger partial charge on any atom is 0.345 e. The third-order valence-electron chi connectivity index (χ3n) is 4.66. The van der Waals surface area contributed by atoms with Crippen LogP contribution in [0.3, 0.4) is 0 Å². The van der Waals surface area contributed by atoms with Crippen LogP contribution < -0.4 is 4.74 Å². The van der Waals surface area contributed by atoms with Gasteiger partial charge in [-0.3, -0.25) is 9.59 Å². The number of amides is 2. The average Bonchev–Trinajstić information content (AvgIpc) is 3.22. The lowest BCUT2D eigenvalue weighted by molar-refractivity contribution is -0.148. The molecule has 2 amide bonds. The van der Waals surface area contributed by atoms with Crippen LogP contribution in [0.15, 0.2) is 42.5 Å². The molecule has 0 saturated heterocycles. The molecule has 0 fully saturated rings. The van der Waals surface area contributed by atoms with E-state index in [-0.39, 0.29) is 6.61 Å². The van der Waals surface area contributed by atoms with Crippen LogP contribution in [0.4, 0.5) is 0 Å². The number of hydrogen-bond donors (Lipinski definition) is 0. The van der Waals surface area contributed by atoms with Crippen molar-refractivity contribution in [1.82, 2.24) is 4.90 Å². The van der Waals surface area contributed by atoms with E-state index in [1.54, 1.807) is 24.3 Å². The van der Waals surface area contributed by atoms with Crippen LogP contribution in [0.5, 0.6) is 5.75 Å². The number of hydrogen-bond acceptors (Lipinski definition) is 5. The van der Waals surface area contributed by atoms with Gasteiger partial charge in [0.2, 0.25) is 0 Å².